The van der Waals surface area contributed by atoms with Gasteiger partial charge in [0.25, 0.3) is 5.56 Å². The standard InChI is InChI=1S/C18H18FN3O2S2/c1-18(2,3)21-14(23)10-26-17-20-12-8-9-25-15(12)16(24)22(17)13-7-5-4-6-11(13)19/h4-9H,10H2,1-3H3,(H,21,23). The van der Waals surface area contributed by atoms with E-state index in [-0.39, 0.29) is 33.6 Å². The minimum absolute atomic E-state index is 0.0772. The zero-order valence-electron chi connectivity index (χ0n) is 14.6. The number of hydrogen-bond acceptors (Lipinski definition) is 5. The summed E-state index contributed by atoms with van der Waals surface area (Å²) in [5.74, 6) is -0.621. The molecule has 0 saturated heterocycles. The van der Waals surface area contributed by atoms with Crippen LogP contribution >= 0.6 is 23.1 Å². The molecular weight excluding hydrogens is 373 g/mol. The molecule has 2 aromatic heterocycles. The van der Waals surface area contributed by atoms with Gasteiger partial charge < -0.3 is 5.32 Å². The number of hydrogen-bond donors (Lipinski definition) is 1. The van der Waals surface area contributed by atoms with Gasteiger partial charge in [-0.25, -0.2) is 9.37 Å². The van der Waals surface area contributed by atoms with Gasteiger partial charge in [-0.3, -0.25) is 14.2 Å². The van der Waals surface area contributed by atoms with Gasteiger partial charge in [-0.15, -0.1) is 11.3 Å². The first-order chi connectivity index (χ1) is 12.3. The molecule has 5 nitrogen and oxygen atoms in total. The van der Waals surface area contributed by atoms with Gasteiger partial charge in [-0.2, -0.15) is 0 Å². The van der Waals surface area contributed by atoms with E-state index >= 15 is 0 Å². The van der Waals surface area contributed by atoms with E-state index in [0.29, 0.717) is 10.2 Å². The Morgan fingerprint density at radius 2 is 2.04 bits per heavy atom. The number of para-hydroxylation sites is 1. The highest BCUT2D eigenvalue weighted by Gasteiger charge is 2.19. The molecule has 2 heterocycles. The number of nitrogens with one attached hydrogen (secondary N) is 1. The van der Waals surface area contributed by atoms with Crippen molar-refractivity contribution in [3.63, 3.8) is 0 Å². The fourth-order valence-corrected chi connectivity index (χ4v) is 3.98. The lowest BCUT2D eigenvalue weighted by Gasteiger charge is -2.20. The summed E-state index contributed by atoms with van der Waals surface area (Å²) in [5.41, 5.74) is -0.0210. The molecule has 0 bridgehead atoms. The van der Waals surface area contributed by atoms with Crippen molar-refractivity contribution < 1.29 is 9.18 Å². The van der Waals surface area contributed by atoms with Crippen LogP contribution in [0.15, 0.2) is 45.7 Å². The second-order valence-electron chi connectivity index (χ2n) is 6.71. The highest BCUT2D eigenvalue weighted by Crippen LogP contribution is 2.24. The molecule has 1 aromatic carbocycles. The molecule has 26 heavy (non-hydrogen) atoms. The molecule has 0 aliphatic rings. The monoisotopic (exact) mass is 391 g/mol. The average Bonchev–Trinajstić information content (AvgIpc) is 3.01. The molecule has 8 heteroatoms. The normalized spacial score (nSPS) is 11.7. The summed E-state index contributed by atoms with van der Waals surface area (Å²) in [6.45, 7) is 5.67. The largest absolute Gasteiger partial charge is 0.351 e. The highest BCUT2D eigenvalue weighted by atomic mass is 32.2. The van der Waals surface area contributed by atoms with E-state index in [1.165, 1.54) is 28.0 Å². The van der Waals surface area contributed by atoms with Gasteiger partial charge in [0, 0.05) is 5.54 Å². The Balaban J connectivity index is 2.04. The van der Waals surface area contributed by atoms with Crippen LogP contribution in [0.5, 0.6) is 0 Å². The molecule has 1 amide bonds. The molecule has 3 rings (SSSR count). The second-order valence-corrected chi connectivity index (χ2v) is 8.57. The lowest BCUT2D eigenvalue weighted by Crippen LogP contribution is -2.41. The third-order valence-corrected chi connectivity index (χ3v) is 5.22. The average molecular weight is 391 g/mol. The van der Waals surface area contributed by atoms with Gasteiger partial charge in [0.1, 0.15) is 10.5 Å². The van der Waals surface area contributed by atoms with Crippen LogP contribution in [-0.2, 0) is 4.79 Å². The van der Waals surface area contributed by atoms with E-state index in [1.807, 2.05) is 20.8 Å². The Morgan fingerprint density at radius 3 is 2.73 bits per heavy atom. The number of aromatic nitrogens is 2. The SMILES string of the molecule is CC(C)(C)NC(=O)CSc1nc2ccsc2c(=O)n1-c1ccccc1F. The van der Waals surface area contributed by atoms with Crippen LogP contribution in [0, 0.1) is 5.82 Å². The molecule has 0 atom stereocenters. The number of carbonyl (C=O) groups excluding carboxylic acids is 1. The number of halogens is 1. The van der Waals surface area contributed by atoms with Gasteiger partial charge >= 0.3 is 0 Å². The predicted molar refractivity (Wildman–Crippen MR) is 104 cm³/mol. The van der Waals surface area contributed by atoms with Gasteiger partial charge in [-0.05, 0) is 44.4 Å². The molecule has 0 unspecified atom stereocenters. The van der Waals surface area contributed by atoms with Crippen LogP contribution < -0.4 is 10.9 Å². The highest BCUT2D eigenvalue weighted by molar-refractivity contribution is 7.99. The van der Waals surface area contributed by atoms with Crippen molar-refractivity contribution in [3.8, 4) is 5.69 Å². The molecule has 0 aliphatic carbocycles. The summed E-state index contributed by atoms with van der Waals surface area (Å²) in [4.78, 5) is 29.5. The summed E-state index contributed by atoms with van der Waals surface area (Å²) in [6.07, 6.45) is 0. The van der Waals surface area contributed by atoms with E-state index in [4.69, 9.17) is 0 Å². The van der Waals surface area contributed by atoms with Crippen molar-refractivity contribution in [1.82, 2.24) is 14.9 Å². The second kappa shape index (κ2) is 7.20. The number of fused-ring (bicyclic) bond motifs is 1. The maximum Gasteiger partial charge on any atom is 0.276 e. The maximum absolute atomic E-state index is 14.3. The van der Waals surface area contributed by atoms with Crippen molar-refractivity contribution in [2.24, 2.45) is 0 Å². The summed E-state index contributed by atoms with van der Waals surface area (Å²) >= 11 is 2.37. The lowest BCUT2D eigenvalue weighted by atomic mass is 10.1. The number of rotatable bonds is 4. The van der Waals surface area contributed by atoms with Crippen LogP contribution in [0.2, 0.25) is 0 Å². The minimum atomic E-state index is -0.520. The first kappa shape index (κ1) is 18.6. The van der Waals surface area contributed by atoms with E-state index in [1.54, 1.807) is 23.6 Å². The Labute approximate surface area is 158 Å². The van der Waals surface area contributed by atoms with E-state index in [9.17, 15) is 14.0 Å². The van der Waals surface area contributed by atoms with Gasteiger partial charge in [-0.1, -0.05) is 23.9 Å². The minimum Gasteiger partial charge on any atom is -0.351 e. The molecule has 0 spiro atoms. The van der Waals surface area contributed by atoms with Crippen molar-refractivity contribution in [2.75, 3.05) is 5.75 Å². The molecule has 0 aliphatic heterocycles. The molecular formula is C18H18FN3O2S2. The van der Waals surface area contributed by atoms with Crippen molar-refractivity contribution in [3.05, 3.63) is 51.9 Å². The van der Waals surface area contributed by atoms with Crippen LogP contribution in [0.4, 0.5) is 4.39 Å². The first-order valence-corrected chi connectivity index (χ1v) is 9.82. The van der Waals surface area contributed by atoms with Crippen LogP contribution in [0.3, 0.4) is 0 Å². The summed E-state index contributed by atoms with van der Waals surface area (Å²) in [7, 11) is 0. The third kappa shape index (κ3) is 3.96. The van der Waals surface area contributed by atoms with Crippen molar-refractivity contribution >= 4 is 39.2 Å². The van der Waals surface area contributed by atoms with Gasteiger partial charge in [0.15, 0.2) is 5.16 Å². The summed E-state index contributed by atoms with van der Waals surface area (Å²) in [6, 6.07) is 7.78. The van der Waals surface area contributed by atoms with Crippen LogP contribution in [-0.4, -0.2) is 26.8 Å². The Morgan fingerprint density at radius 1 is 1.31 bits per heavy atom. The van der Waals surface area contributed by atoms with Gasteiger partial charge in [0.2, 0.25) is 5.91 Å². The number of thiophene rings is 1. The first-order valence-electron chi connectivity index (χ1n) is 7.95. The number of carbonyl (C=O) groups is 1. The van der Waals surface area contributed by atoms with E-state index in [2.05, 4.69) is 10.3 Å². The molecule has 3 aromatic rings. The van der Waals surface area contributed by atoms with Gasteiger partial charge in [0.05, 0.1) is 17.0 Å². The molecule has 0 fully saturated rings. The maximum atomic E-state index is 14.3. The predicted octanol–water partition coefficient (Wildman–Crippen LogP) is 3.59. The van der Waals surface area contributed by atoms with Crippen LogP contribution in [0.1, 0.15) is 20.8 Å². The Kier molecular flexibility index (Phi) is 5.15. The number of thioether (sulfide) groups is 1. The summed E-state index contributed by atoms with van der Waals surface area (Å²) < 4.78 is 16.0. The fourth-order valence-electron chi connectivity index (χ4n) is 2.42. The number of amides is 1. The Hall–Kier alpha value is -2.19. The quantitative estimate of drug-likeness (QED) is 0.545. The van der Waals surface area contributed by atoms with Crippen LogP contribution in [0.25, 0.3) is 15.9 Å². The third-order valence-electron chi connectivity index (χ3n) is 3.39. The molecule has 1 N–H and O–H groups in total. The lowest BCUT2D eigenvalue weighted by molar-refractivity contribution is -0.119. The van der Waals surface area contributed by atoms with Crippen molar-refractivity contribution in [2.45, 2.75) is 31.5 Å². The molecule has 136 valence electrons. The zero-order chi connectivity index (χ0) is 18.9. The smallest absolute Gasteiger partial charge is 0.276 e. The van der Waals surface area contributed by atoms with Crippen molar-refractivity contribution in [1.29, 1.82) is 0 Å². The van der Waals surface area contributed by atoms with E-state index in [0.717, 1.165) is 11.8 Å². The zero-order valence-corrected chi connectivity index (χ0v) is 16.2. The molecule has 0 radical (unpaired) electrons. The summed E-state index contributed by atoms with van der Waals surface area (Å²) in [5, 5.41) is 4.92. The number of benzene rings is 1. The molecule has 0 saturated carbocycles. The topological polar surface area (TPSA) is 64.0 Å². The number of nitrogens with zero attached hydrogens (tertiary/aromatic N) is 2. The van der Waals surface area contributed by atoms with E-state index < -0.39 is 5.82 Å². The fraction of sp³-hybridized carbons (Fsp3) is 0.278. The Bertz CT molecular complexity index is 1020.